The Morgan fingerprint density at radius 3 is 2.20 bits per heavy atom. The first kappa shape index (κ1) is 14.6. The molecule has 0 spiro atoms. The number of carbonyl (C=O) groups excluding carboxylic acids is 1. The van der Waals surface area contributed by atoms with E-state index < -0.39 is 11.7 Å². The van der Waals surface area contributed by atoms with Crippen molar-refractivity contribution in [1.82, 2.24) is 0 Å². The van der Waals surface area contributed by atoms with E-state index in [1.165, 1.54) is 12.1 Å². The maximum atomic E-state index is 12.6. The van der Waals surface area contributed by atoms with E-state index in [0.29, 0.717) is 33.6 Å². The fourth-order valence-electron chi connectivity index (χ4n) is 1.97. The van der Waals surface area contributed by atoms with Gasteiger partial charge in [-0.3, -0.25) is 4.79 Å². The molecule has 0 amide bonds. The summed E-state index contributed by atoms with van der Waals surface area (Å²) in [6, 6.07) is 8.18. The van der Waals surface area contributed by atoms with Crippen molar-refractivity contribution in [2.45, 2.75) is 13.1 Å². The second kappa shape index (κ2) is 5.29. The van der Waals surface area contributed by atoms with Crippen LogP contribution in [0.1, 0.15) is 21.5 Å². The molecule has 5 heteroatoms. The molecular weight excluding hydrogens is 289 g/mol. The number of hydrogen-bond donors (Lipinski definition) is 0. The molecule has 0 aliphatic carbocycles. The molecule has 0 heterocycles. The average molecular weight is 299 g/mol. The highest BCUT2D eigenvalue weighted by Crippen LogP contribution is 2.35. The van der Waals surface area contributed by atoms with Crippen LogP contribution in [0.3, 0.4) is 0 Å². The SMILES string of the molecule is Cc1cc(C(F)(F)F)ccc1-c1ccc(C=O)cc1Cl. The fraction of sp³-hybridized carbons (Fsp3) is 0.133. The van der Waals surface area contributed by atoms with Crippen LogP contribution in [0.2, 0.25) is 5.02 Å². The van der Waals surface area contributed by atoms with E-state index in [2.05, 4.69) is 0 Å². The first-order valence-corrected chi connectivity index (χ1v) is 6.13. The second-order valence-electron chi connectivity index (χ2n) is 4.38. The van der Waals surface area contributed by atoms with Gasteiger partial charge in [-0.25, -0.2) is 0 Å². The van der Waals surface area contributed by atoms with Crippen LogP contribution in [-0.2, 0) is 6.18 Å². The van der Waals surface area contributed by atoms with Gasteiger partial charge in [0, 0.05) is 16.1 Å². The lowest BCUT2D eigenvalue weighted by Gasteiger charge is -2.12. The Hall–Kier alpha value is -1.81. The molecule has 0 aromatic heterocycles. The molecule has 0 radical (unpaired) electrons. The first-order chi connectivity index (χ1) is 9.32. The molecule has 1 nitrogen and oxygen atoms in total. The minimum Gasteiger partial charge on any atom is -0.298 e. The summed E-state index contributed by atoms with van der Waals surface area (Å²) >= 11 is 6.06. The van der Waals surface area contributed by atoms with Crippen LogP contribution in [0.4, 0.5) is 13.2 Å². The maximum absolute atomic E-state index is 12.6. The van der Waals surface area contributed by atoms with Crippen molar-refractivity contribution in [1.29, 1.82) is 0 Å². The zero-order chi connectivity index (χ0) is 14.9. The lowest BCUT2D eigenvalue weighted by atomic mass is 9.97. The molecule has 0 unspecified atom stereocenters. The van der Waals surface area contributed by atoms with Gasteiger partial charge in [-0.1, -0.05) is 29.8 Å². The van der Waals surface area contributed by atoms with E-state index in [1.807, 2.05) is 0 Å². The Morgan fingerprint density at radius 2 is 1.70 bits per heavy atom. The number of alkyl halides is 3. The topological polar surface area (TPSA) is 17.1 Å². The number of aryl methyl sites for hydroxylation is 1. The summed E-state index contributed by atoms with van der Waals surface area (Å²) in [5, 5.41) is 0.331. The number of hydrogen-bond acceptors (Lipinski definition) is 1. The lowest BCUT2D eigenvalue weighted by Crippen LogP contribution is -2.05. The zero-order valence-electron chi connectivity index (χ0n) is 10.5. The minimum absolute atomic E-state index is 0.331. The van der Waals surface area contributed by atoms with Crippen molar-refractivity contribution in [2.75, 3.05) is 0 Å². The van der Waals surface area contributed by atoms with Gasteiger partial charge >= 0.3 is 6.18 Å². The van der Waals surface area contributed by atoms with Crippen LogP contribution in [0.15, 0.2) is 36.4 Å². The van der Waals surface area contributed by atoms with Gasteiger partial charge in [0.15, 0.2) is 0 Å². The zero-order valence-corrected chi connectivity index (χ0v) is 11.2. The van der Waals surface area contributed by atoms with Crippen molar-refractivity contribution in [3.8, 4) is 11.1 Å². The number of benzene rings is 2. The molecule has 2 aromatic rings. The van der Waals surface area contributed by atoms with Gasteiger partial charge in [-0.15, -0.1) is 0 Å². The summed E-state index contributed by atoms with van der Waals surface area (Å²) in [6.07, 6.45) is -3.70. The van der Waals surface area contributed by atoms with Crippen molar-refractivity contribution in [3.63, 3.8) is 0 Å². The normalized spacial score (nSPS) is 11.4. The Labute approximate surface area is 119 Å². The van der Waals surface area contributed by atoms with Crippen molar-refractivity contribution < 1.29 is 18.0 Å². The number of rotatable bonds is 2. The van der Waals surface area contributed by atoms with Crippen LogP contribution in [0.25, 0.3) is 11.1 Å². The van der Waals surface area contributed by atoms with Crippen molar-refractivity contribution in [2.24, 2.45) is 0 Å². The molecule has 0 saturated carbocycles. The van der Waals surface area contributed by atoms with Gasteiger partial charge in [0.25, 0.3) is 0 Å². The van der Waals surface area contributed by atoms with Gasteiger partial charge in [-0.2, -0.15) is 13.2 Å². The Balaban J connectivity index is 2.51. The third-order valence-electron chi connectivity index (χ3n) is 2.97. The summed E-state index contributed by atoms with van der Waals surface area (Å²) in [7, 11) is 0. The third-order valence-corrected chi connectivity index (χ3v) is 3.29. The predicted molar refractivity (Wildman–Crippen MR) is 72.0 cm³/mol. The summed E-state index contributed by atoms with van der Waals surface area (Å²) in [5.74, 6) is 0. The molecule has 20 heavy (non-hydrogen) atoms. The Kier molecular flexibility index (Phi) is 3.86. The van der Waals surface area contributed by atoms with E-state index in [9.17, 15) is 18.0 Å². The van der Waals surface area contributed by atoms with E-state index >= 15 is 0 Å². The van der Waals surface area contributed by atoms with Gasteiger partial charge in [0.05, 0.1) is 5.56 Å². The third kappa shape index (κ3) is 2.85. The van der Waals surface area contributed by atoms with Crippen molar-refractivity contribution in [3.05, 3.63) is 58.1 Å². The molecule has 0 atom stereocenters. The number of halogens is 4. The molecule has 0 fully saturated rings. The van der Waals surface area contributed by atoms with Crippen LogP contribution >= 0.6 is 11.6 Å². The van der Waals surface area contributed by atoms with E-state index in [0.717, 1.165) is 12.1 Å². The summed E-state index contributed by atoms with van der Waals surface area (Å²) in [4.78, 5) is 10.6. The monoisotopic (exact) mass is 298 g/mol. The summed E-state index contributed by atoms with van der Waals surface area (Å²) in [5.41, 5.74) is 1.41. The standard InChI is InChI=1S/C15H10ClF3O/c1-9-6-11(15(17,18)19)3-5-12(9)13-4-2-10(8-20)7-14(13)16/h2-8H,1H3. The highest BCUT2D eigenvalue weighted by molar-refractivity contribution is 6.33. The van der Waals surface area contributed by atoms with Crippen LogP contribution in [0.5, 0.6) is 0 Å². The second-order valence-corrected chi connectivity index (χ2v) is 4.79. The number of aldehydes is 1. The van der Waals surface area contributed by atoms with Crippen LogP contribution in [0, 0.1) is 6.92 Å². The molecule has 2 aromatic carbocycles. The molecule has 0 N–H and O–H groups in total. The molecule has 0 saturated heterocycles. The molecular formula is C15H10ClF3O. The number of carbonyl (C=O) groups is 1. The fourth-order valence-corrected chi connectivity index (χ4v) is 2.26. The average Bonchev–Trinajstić information content (AvgIpc) is 2.38. The Morgan fingerprint density at radius 1 is 1.05 bits per heavy atom. The van der Waals surface area contributed by atoms with E-state index in [1.54, 1.807) is 19.1 Å². The lowest BCUT2D eigenvalue weighted by molar-refractivity contribution is -0.137. The van der Waals surface area contributed by atoms with E-state index in [4.69, 9.17) is 11.6 Å². The predicted octanol–water partition coefficient (Wildman–Crippen LogP) is 5.15. The van der Waals surface area contributed by atoms with Crippen LogP contribution in [-0.4, -0.2) is 6.29 Å². The Bertz CT molecular complexity index is 663. The maximum Gasteiger partial charge on any atom is 0.416 e. The van der Waals surface area contributed by atoms with Gasteiger partial charge in [-0.05, 0) is 36.2 Å². The molecule has 0 aliphatic heterocycles. The first-order valence-electron chi connectivity index (χ1n) is 5.76. The summed E-state index contributed by atoms with van der Waals surface area (Å²) < 4.78 is 37.8. The van der Waals surface area contributed by atoms with Crippen molar-refractivity contribution >= 4 is 17.9 Å². The summed E-state index contributed by atoms with van der Waals surface area (Å²) in [6.45, 7) is 1.59. The molecule has 104 valence electrons. The largest absolute Gasteiger partial charge is 0.416 e. The minimum atomic E-state index is -4.37. The molecule has 2 rings (SSSR count). The molecule has 0 aliphatic rings. The smallest absolute Gasteiger partial charge is 0.298 e. The highest BCUT2D eigenvalue weighted by Gasteiger charge is 2.30. The van der Waals surface area contributed by atoms with E-state index in [-0.39, 0.29) is 0 Å². The van der Waals surface area contributed by atoms with Gasteiger partial charge in [0.2, 0.25) is 0 Å². The molecule has 0 bridgehead atoms. The highest BCUT2D eigenvalue weighted by atomic mass is 35.5. The van der Waals surface area contributed by atoms with Gasteiger partial charge < -0.3 is 0 Å². The van der Waals surface area contributed by atoms with Gasteiger partial charge in [0.1, 0.15) is 6.29 Å². The van der Waals surface area contributed by atoms with Crippen LogP contribution < -0.4 is 0 Å². The quantitative estimate of drug-likeness (QED) is 0.701.